The fourth-order valence-electron chi connectivity index (χ4n) is 4.23. The number of alkyl halides is 1. The zero-order valence-electron chi connectivity index (χ0n) is 20.6. The first kappa shape index (κ1) is 26.7. The van der Waals surface area contributed by atoms with Crippen molar-refractivity contribution in [2.24, 2.45) is 0 Å². The molecular weight excluding hydrogens is 499 g/mol. The number of allylic oxidation sites excluding steroid dienone is 1. The normalized spacial score (nSPS) is 13.9. The lowest BCUT2D eigenvalue weighted by Crippen LogP contribution is -2.48. The predicted octanol–water partition coefficient (Wildman–Crippen LogP) is 4.01. The molecule has 1 aromatic heterocycles. The number of aromatic nitrogens is 1. The Morgan fingerprint density at radius 3 is 2.58 bits per heavy atom. The first-order valence-corrected chi connectivity index (χ1v) is 12.0. The highest BCUT2D eigenvalue weighted by Crippen LogP contribution is 2.24. The smallest absolute Gasteiger partial charge is 0.275 e. The van der Waals surface area contributed by atoms with Crippen LogP contribution in [0.5, 0.6) is 5.75 Å². The van der Waals surface area contributed by atoms with Gasteiger partial charge in [0.1, 0.15) is 30.5 Å². The maximum atomic E-state index is 14.0. The molecule has 0 aliphatic carbocycles. The molecule has 2 heterocycles. The van der Waals surface area contributed by atoms with E-state index in [9.17, 15) is 27.6 Å². The molecule has 0 spiro atoms. The number of carbonyl (C=O) groups is 2. The summed E-state index contributed by atoms with van der Waals surface area (Å²) in [5, 5.41) is 2.46. The van der Waals surface area contributed by atoms with E-state index in [0.717, 1.165) is 11.6 Å². The Morgan fingerprint density at radius 1 is 1.13 bits per heavy atom. The van der Waals surface area contributed by atoms with E-state index in [1.165, 1.54) is 21.7 Å². The largest absolute Gasteiger partial charge is 0.483 e. The van der Waals surface area contributed by atoms with Gasteiger partial charge in [-0.05, 0) is 18.6 Å². The second kappa shape index (κ2) is 11.8. The molecule has 10 heteroatoms. The van der Waals surface area contributed by atoms with Crippen LogP contribution in [0.1, 0.15) is 38.9 Å². The predicted molar refractivity (Wildman–Crippen MR) is 135 cm³/mol. The number of hydrogen-bond acceptors (Lipinski definition) is 4. The number of hydrogen-bond donors (Lipinski definition) is 1. The summed E-state index contributed by atoms with van der Waals surface area (Å²) < 4.78 is 48.2. The second-order valence-corrected chi connectivity index (χ2v) is 8.68. The number of ether oxygens (including phenoxy) is 1. The number of benzene rings is 2. The van der Waals surface area contributed by atoms with Crippen molar-refractivity contribution in [3.05, 3.63) is 111 Å². The molecule has 4 rings (SSSR count). The van der Waals surface area contributed by atoms with Gasteiger partial charge in [0.05, 0.1) is 6.04 Å². The molecule has 1 aliphatic heterocycles. The quantitative estimate of drug-likeness (QED) is 0.429. The van der Waals surface area contributed by atoms with Gasteiger partial charge in [-0.2, -0.15) is 0 Å². The monoisotopic (exact) mass is 525 g/mol. The van der Waals surface area contributed by atoms with Crippen molar-refractivity contribution in [2.75, 3.05) is 13.2 Å². The van der Waals surface area contributed by atoms with Crippen molar-refractivity contribution >= 4 is 11.8 Å². The second-order valence-electron chi connectivity index (χ2n) is 8.68. The summed E-state index contributed by atoms with van der Waals surface area (Å²) in [6, 6.07) is 11.1. The number of carbonyl (C=O) groups excluding carboxylic acids is 2. The van der Waals surface area contributed by atoms with Crippen LogP contribution >= 0.6 is 0 Å². The molecule has 2 amide bonds. The van der Waals surface area contributed by atoms with Crippen LogP contribution in [0, 0.1) is 11.6 Å². The van der Waals surface area contributed by atoms with Crippen LogP contribution < -0.4 is 15.5 Å². The van der Waals surface area contributed by atoms with Crippen molar-refractivity contribution in [2.45, 2.75) is 32.7 Å². The Kier molecular flexibility index (Phi) is 8.30. The summed E-state index contributed by atoms with van der Waals surface area (Å²) in [6.45, 7) is 0.898. The van der Waals surface area contributed by atoms with E-state index >= 15 is 0 Å². The Hall–Kier alpha value is -4.34. The van der Waals surface area contributed by atoms with Gasteiger partial charge in [-0.3, -0.25) is 14.4 Å². The molecule has 198 valence electrons. The standard InChI is InChI=1S/C28H26F3N3O4/c1-2-6-21(14-29)34-12-11-33-16-22(27(36)32-15-19-9-10-20(30)13-23(19)31)25(35)26(24(33)28(34)37)38-17-18-7-4-3-5-8-18/h2-10,13,16,21H,11-12,14-15,17H2,1H3,(H,32,36)/b6-2-. The number of fused-ring (bicyclic) bond motifs is 1. The minimum absolute atomic E-state index is 0.0328. The van der Waals surface area contributed by atoms with E-state index in [2.05, 4.69) is 5.32 Å². The first-order valence-electron chi connectivity index (χ1n) is 12.0. The lowest BCUT2D eigenvalue weighted by molar-refractivity contribution is 0.0621. The number of pyridine rings is 1. The molecule has 0 saturated heterocycles. The number of nitrogens with one attached hydrogen (secondary N) is 1. The maximum absolute atomic E-state index is 14.0. The number of nitrogens with zero attached hydrogens (tertiary/aromatic N) is 2. The summed E-state index contributed by atoms with van der Waals surface area (Å²) in [4.78, 5) is 41.2. The lowest BCUT2D eigenvalue weighted by atomic mass is 10.1. The summed E-state index contributed by atoms with van der Waals surface area (Å²) >= 11 is 0. The fraction of sp³-hybridized carbons (Fsp3) is 0.250. The Morgan fingerprint density at radius 2 is 1.89 bits per heavy atom. The van der Waals surface area contributed by atoms with Crippen molar-refractivity contribution in [1.82, 2.24) is 14.8 Å². The van der Waals surface area contributed by atoms with Crippen LogP contribution in [-0.2, 0) is 19.7 Å². The van der Waals surface area contributed by atoms with Crippen LogP contribution in [0.2, 0.25) is 0 Å². The summed E-state index contributed by atoms with van der Waals surface area (Å²) in [5.41, 5.74) is -0.465. The van der Waals surface area contributed by atoms with Crippen LogP contribution in [0.3, 0.4) is 0 Å². The van der Waals surface area contributed by atoms with Gasteiger partial charge in [0.15, 0.2) is 11.4 Å². The number of rotatable bonds is 9. The highest BCUT2D eigenvalue weighted by atomic mass is 19.1. The van der Waals surface area contributed by atoms with Crippen LogP contribution in [0.4, 0.5) is 13.2 Å². The zero-order valence-corrected chi connectivity index (χ0v) is 20.6. The van der Waals surface area contributed by atoms with Gasteiger partial charge in [0.2, 0.25) is 5.43 Å². The van der Waals surface area contributed by atoms with Gasteiger partial charge in [0.25, 0.3) is 11.8 Å². The molecule has 0 fully saturated rings. The van der Waals surface area contributed by atoms with Gasteiger partial charge in [0, 0.05) is 37.5 Å². The minimum atomic E-state index is -0.839. The van der Waals surface area contributed by atoms with Crippen molar-refractivity contribution < 1.29 is 27.5 Å². The summed E-state index contributed by atoms with van der Waals surface area (Å²) in [7, 11) is 0. The lowest BCUT2D eigenvalue weighted by Gasteiger charge is -2.34. The van der Waals surface area contributed by atoms with Gasteiger partial charge < -0.3 is 19.5 Å². The zero-order chi connectivity index (χ0) is 27.2. The van der Waals surface area contributed by atoms with Crippen LogP contribution in [-0.4, -0.2) is 40.5 Å². The topological polar surface area (TPSA) is 80.6 Å². The molecule has 1 aliphatic rings. The number of halogens is 3. The molecular formula is C28H26F3N3O4. The van der Waals surface area contributed by atoms with E-state index in [4.69, 9.17) is 4.74 Å². The maximum Gasteiger partial charge on any atom is 0.275 e. The third-order valence-corrected chi connectivity index (χ3v) is 6.18. The molecule has 1 unspecified atom stereocenters. The molecule has 1 atom stereocenters. The molecule has 3 aromatic rings. The van der Waals surface area contributed by atoms with E-state index < -0.39 is 41.6 Å². The van der Waals surface area contributed by atoms with E-state index in [0.29, 0.717) is 6.07 Å². The van der Waals surface area contributed by atoms with Gasteiger partial charge >= 0.3 is 0 Å². The highest BCUT2D eigenvalue weighted by molar-refractivity contribution is 5.99. The molecule has 2 aromatic carbocycles. The third kappa shape index (κ3) is 5.64. The van der Waals surface area contributed by atoms with Gasteiger partial charge in [-0.1, -0.05) is 48.6 Å². The molecule has 0 saturated carbocycles. The molecule has 0 radical (unpaired) electrons. The minimum Gasteiger partial charge on any atom is -0.483 e. The molecule has 1 N–H and O–H groups in total. The Labute approximate surface area is 217 Å². The average Bonchev–Trinajstić information content (AvgIpc) is 2.91. The molecule has 38 heavy (non-hydrogen) atoms. The Bertz CT molecular complexity index is 1420. The van der Waals surface area contributed by atoms with E-state index in [1.54, 1.807) is 43.3 Å². The van der Waals surface area contributed by atoms with E-state index in [-0.39, 0.29) is 48.8 Å². The Balaban J connectivity index is 1.70. The van der Waals surface area contributed by atoms with Crippen molar-refractivity contribution in [1.29, 1.82) is 0 Å². The average molecular weight is 526 g/mol. The fourth-order valence-corrected chi connectivity index (χ4v) is 4.23. The van der Waals surface area contributed by atoms with Crippen molar-refractivity contribution in [3.63, 3.8) is 0 Å². The van der Waals surface area contributed by atoms with Gasteiger partial charge in [-0.15, -0.1) is 0 Å². The number of amides is 2. The summed E-state index contributed by atoms with van der Waals surface area (Å²) in [5.74, 6) is -3.34. The molecule has 7 nitrogen and oxygen atoms in total. The third-order valence-electron chi connectivity index (χ3n) is 6.18. The molecule has 0 bridgehead atoms. The first-order chi connectivity index (χ1) is 18.3. The summed E-state index contributed by atoms with van der Waals surface area (Å²) in [6.07, 6.45) is 4.45. The SMILES string of the molecule is C/C=C\C(CF)N1CCn2cc(C(=O)NCc3ccc(F)cc3F)c(=O)c(OCc3ccccc3)c2C1=O. The van der Waals surface area contributed by atoms with Crippen molar-refractivity contribution in [3.8, 4) is 5.75 Å². The van der Waals surface area contributed by atoms with Crippen LogP contribution in [0.15, 0.2) is 71.7 Å². The van der Waals surface area contributed by atoms with Gasteiger partial charge in [-0.25, -0.2) is 13.2 Å². The van der Waals surface area contributed by atoms with E-state index in [1.807, 2.05) is 6.07 Å². The van der Waals surface area contributed by atoms with Crippen LogP contribution in [0.25, 0.3) is 0 Å². The highest BCUT2D eigenvalue weighted by Gasteiger charge is 2.34.